The highest BCUT2D eigenvalue weighted by Crippen LogP contribution is 2.14. The van der Waals surface area contributed by atoms with Crippen LogP contribution in [0.25, 0.3) is 5.65 Å². The maximum absolute atomic E-state index is 12.6. The Morgan fingerprint density at radius 1 is 1.27 bits per heavy atom. The van der Waals surface area contributed by atoms with Gasteiger partial charge >= 0.3 is 0 Å². The van der Waals surface area contributed by atoms with E-state index >= 15 is 0 Å². The van der Waals surface area contributed by atoms with Gasteiger partial charge in [-0.3, -0.25) is 14.0 Å². The number of carbonyl (C=O) groups is 2. The van der Waals surface area contributed by atoms with E-state index in [1.165, 1.54) is 0 Å². The van der Waals surface area contributed by atoms with Gasteiger partial charge in [0.15, 0.2) is 6.61 Å². The molecule has 0 bridgehead atoms. The summed E-state index contributed by atoms with van der Waals surface area (Å²) in [6.07, 6.45) is 5.48. The second-order valence-corrected chi connectivity index (χ2v) is 7.97. The van der Waals surface area contributed by atoms with Gasteiger partial charge in [0.05, 0.1) is 18.0 Å². The molecule has 1 aromatic carbocycles. The molecule has 1 aliphatic heterocycles. The SMILES string of the molecule is Cc1ccn2c(C(=O)N/N=C\c3ccc(OCC(=O)NC[C@H]4CCCO4)cc3)c(C)nc2c1. The molecule has 3 heterocycles. The average molecular weight is 450 g/mol. The summed E-state index contributed by atoms with van der Waals surface area (Å²) in [6.45, 7) is 4.98. The van der Waals surface area contributed by atoms with Crippen molar-refractivity contribution in [1.82, 2.24) is 20.1 Å². The molecule has 2 amide bonds. The third-order valence-electron chi connectivity index (χ3n) is 5.35. The minimum Gasteiger partial charge on any atom is -0.484 e. The van der Waals surface area contributed by atoms with Crippen LogP contribution < -0.4 is 15.5 Å². The van der Waals surface area contributed by atoms with Gasteiger partial charge in [-0.1, -0.05) is 0 Å². The molecule has 0 saturated carbocycles. The smallest absolute Gasteiger partial charge is 0.290 e. The fourth-order valence-electron chi connectivity index (χ4n) is 3.64. The molecule has 9 heteroatoms. The van der Waals surface area contributed by atoms with Crippen LogP contribution in [0, 0.1) is 13.8 Å². The van der Waals surface area contributed by atoms with Gasteiger partial charge in [0.25, 0.3) is 11.8 Å². The fourth-order valence-corrected chi connectivity index (χ4v) is 3.64. The molecule has 33 heavy (non-hydrogen) atoms. The highest BCUT2D eigenvalue weighted by molar-refractivity contribution is 5.95. The number of fused-ring (bicyclic) bond motifs is 1. The second kappa shape index (κ2) is 10.3. The summed E-state index contributed by atoms with van der Waals surface area (Å²) in [5.74, 6) is 0.0471. The van der Waals surface area contributed by atoms with Crippen molar-refractivity contribution in [3.05, 3.63) is 65.1 Å². The van der Waals surface area contributed by atoms with Gasteiger partial charge in [0.1, 0.15) is 17.1 Å². The number of aromatic nitrogens is 2. The van der Waals surface area contributed by atoms with Gasteiger partial charge in [-0.2, -0.15) is 5.10 Å². The normalized spacial score (nSPS) is 15.8. The van der Waals surface area contributed by atoms with Crippen LogP contribution in [0.4, 0.5) is 0 Å². The number of ether oxygens (including phenoxy) is 2. The molecule has 1 saturated heterocycles. The molecule has 3 aromatic rings. The van der Waals surface area contributed by atoms with E-state index in [1.54, 1.807) is 41.8 Å². The molecule has 2 N–H and O–H groups in total. The van der Waals surface area contributed by atoms with E-state index in [1.807, 2.05) is 25.3 Å². The van der Waals surface area contributed by atoms with Crippen LogP contribution in [0.3, 0.4) is 0 Å². The van der Waals surface area contributed by atoms with Crippen molar-refractivity contribution >= 4 is 23.7 Å². The molecule has 1 fully saturated rings. The number of nitrogens with one attached hydrogen (secondary N) is 2. The Kier molecular flexibility index (Phi) is 6.99. The van der Waals surface area contributed by atoms with Gasteiger partial charge in [-0.25, -0.2) is 10.4 Å². The molecule has 1 atom stereocenters. The third kappa shape index (κ3) is 5.75. The number of hydrogen-bond donors (Lipinski definition) is 2. The van der Waals surface area contributed by atoms with Crippen molar-refractivity contribution in [2.24, 2.45) is 5.10 Å². The first-order chi connectivity index (χ1) is 16.0. The zero-order chi connectivity index (χ0) is 23.2. The topological polar surface area (TPSA) is 106 Å². The Hall–Kier alpha value is -3.72. The molecule has 4 rings (SSSR count). The van der Waals surface area contributed by atoms with Crippen molar-refractivity contribution in [3.63, 3.8) is 0 Å². The van der Waals surface area contributed by atoms with E-state index in [0.29, 0.717) is 23.7 Å². The van der Waals surface area contributed by atoms with E-state index in [0.717, 1.165) is 36.2 Å². The van der Waals surface area contributed by atoms with E-state index in [4.69, 9.17) is 9.47 Å². The molecule has 172 valence electrons. The highest BCUT2D eigenvalue weighted by atomic mass is 16.5. The fraction of sp³-hybridized carbons (Fsp3) is 0.333. The van der Waals surface area contributed by atoms with E-state index < -0.39 is 0 Å². The molecule has 1 aliphatic rings. The first-order valence-electron chi connectivity index (χ1n) is 10.9. The number of nitrogens with zero attached hydrogens (tertiary/aromatic N) is 3. The minimum absolute atomic E-state index is 0.0611. The Balaban J connectivity index is 1.26. The molecule has 0 unspecified atom stereocenters. The van der Waals surface area contributed by atoms with Crippen molar-refractivity contribution in [3.8, 4) is 5.75 Å². The Morgan fingerprint density at radius 3 is 2.85 bits per heavy atom. The molecule has 9 nitrogen and oxygen atoms in total. The number of hydrazone groups is 1. The highest BCUT2D eigenvalue weighted by Gasteiger charge is 2.17. The summed E-state index contributed by atoms with van der Waals surface area (Å²) in [4.78, 5) is 28.9. The van der Waals surface area contributed by atoms with Crippen LogP contribution in [-0.2, 0) is 9.53 Å². The molecular formula is C24H27N5O4. The van der Waals surface area contributed by atoms with Gasteiger partial charge < -0.3 is 14.8 Å². The number of amides is 2. The number of pyridine rings is 1. The zero-order valence-electron chi connectivity index (χ0n) is 18.7. The lowest BCUT2D eigenvalue weighted by atomic mass is 10.2. The second-order valence-electron chi connectivity index (χ2n) is 7.97. The van der Waals surface area contributed by atoms with Crippen molar-refractivity contribution < 1.29 is 19.1 Å². The predicted octanol–water partition coefficient (Wildman–Crippen LogP) is 2.39. The van der Waals surface area contributed by atoms with Crippen LogP contribution in [0.5, 0.6) is 5.75 Å². The Labute approximate surface area is 191 Å². The van der Waals surface area contributed by atoms with Gasteiger partial charge in [-0.15, -0.1) is 0 Å². The summed E-state index contributed by atoms with van der Waals surface area (Å²) in [7, 11) is 0. The monoisotopic (exact) mass is 449 g/mol. The van der Waals surface area contributed by atoms with Crippen molar-refractivity contribution in [2.75, 3.05) is 19.8 Å². The number of carbonyl (C=O) groups excluding carboxylic acids is 2. The van der Waals surface area contributed by atoms with Gasteiger partial charge in [0, 0.05) is 19.3 Å². The van der Waals surface area contributed by atoms with Crippen LogP contribution in [0.1, 0.15) is 40.2 Å². The van der Waals surface area contributed by atoms with Crippen molar-refractivity contribution in [2.45, 2.75) is 32.8 Å². The van der Waals surface area contributed by atoms with E-state index in [9.17, 15) is 9.59 Å². The average Bonchev–Trinajstić information content (AvgIpc) is 3.43. The summed E-state index contributed by atoms with van der Waals surface area (Å²) in [5, 5.41) is 6.86. The molecule has 0 aliphatic carbocycles. The maximum Gasteiger partial charge on any atom is 0.290 e. The van der Waals surface area contributed by atoms with Crippen LogP contribution in [0.15, 0.2) is 47.7 Å². The van der Waals surface area contributed by atoms with Crippen LogP contribution >= 0.6 is 0 Å². The molecular weight excluding hydrogens is 422 g/mol. The van der Waals surface area contributed by atoms with Crippen molar-refractivity contribution in [1.29, 1.82) is 0 Å². The van der Waals surface area contributed by atoms with Gasteiger partial charge in [0.2, 0.25) is 0 Å². The zero-order valence-corrected chi connectivity index (χ0v) is 18.7. The summed E-state index contributed by atoms with van der Waals surface area (Å²) < 4.78 is 12.7. The number of rotatable bonds is 8. The third-order valence-corrected chi connectivity index (χ3v) is 5.35. The number of imidazole rings is 1. The van der Waals surface area contributed by atoms with E-state index in [-0.39, 0.29) is 24.5 Å². The molecule has 0 spiro atoms. The Morgan fingerprint density at radius 2 is 2.09 bits per heavy atom. The van der Waals surface area contributed by atoms with Crippen LogP contribution in [-0.4, -0.2) is 53.3 Å². The molecule has 0 radical (unpaired) electrons. The summed E-state index contributed by atoms with van der Waals surface area (Å²) in [6, 6.07) is 10.9. The first kappa shape index (κ1) is 22.5. The largest absolute Gasteiger partial charge is 0.484 e. The quantitative estimate of drug-likeness (QED) is 0.406. The predicted molar refractivity (Wildman–Crippen MR) is 124 cm³/mol. The number of benzene rings is 1. The minimum atomic E-state index is -0.339. The molecule has 2 aromatic heterocycles. The number of hydrogen-bond acceptors (Lipinski definition) is 6. The standard InChI is InChI=1S/C24H27N5O4/c1-16-9-10-29-21(12-16)27-17(2)23(29)24(31)28-26-13-18-5-7-19(8-6-18)33-15-22(30)25-14-20-4-3-11-32-20/h5-10,12-13,20H,3-4,11,14-15H2,1-2H3,(H,25,30)(H,28,31)/b26-13-/t20-/m1/s1. The van der Waals surface area contributed by atoms with E-state index in [2.05, 4.69) is 20.8 Å². The summed E-state index contributed by atoms with van der Waals surface area (Å²) >= 11 is 0. The maximum atomic E-state index is 12.6. The van der Waals surface area contributed by atoms with Gasteiger partial charge in [-0.05, 0) is 74.2 Å². The lowest BCUT2D eigenvalue weighted by Crippen LogP contribution is -2.35. The summed E-state index contributed by atoms with van der Waals surface area (Å²) in [5.41, 5.74) is 6.20. The lowest BCUT2D eigenvalue weighted by molar-refractivity contribution is -0.123. The Bertz CT molecular complexity index is 1160. The number of aryl methyl sites for hydroxylation is 2. The lowest BCUT2D eigenvalue weighted by Gasteiger charge is -2.11. The first-order valence-corrected chi connectivity index (χ1v) is 10.9. The van der Waals surface area contributed by atoms with Crippen LogP contribution in [0.2, 0.25) is 0 Å².